The summed E-state index contributed by atoms with van der Waals surface area (Å²) in [5.74, 6) is 0.717. The van der Waals surface area contributed by atoms with Crippen LogP contribution < -0.4 is 14.2 Å². The molecule has 7 heteroatoms. The first-order chi connectivity index (χ1) is 8.44. The number of sulfonamides is 1. The summed E-state index contributed by atoms with van der Waals surface area (Å²) < 4.78 is 35.9. The van der Waals surface area contributed by atoms with Crippen molar-refractivity contribution in [2.75, 3.05) is 14.2 Å². The van der Waals surface area contributed by atoms with E-state index in [1.165, 1.54) is 39.3 Å². The molecule has 0 saturated heterocycles. The molecule has 0 aromatic heterocycles. The molecule has 0 saturated carbocycles. The highest BCUT2D eigenvalue weighted by atomic mass is 32.2. The Kier molecular flexibility index (Phi) is 4.69. The van der Waals surface area contributed by atoms with Crippen LogP contribution in [0.2, 0.25) is 0 Å². The Hall–Kier alpha value is -1.60. The second-order valence-electron chi connectivity index (χ2n) is 3.48. The third kappa shape index (κ3) is 3.21. The van der Waals surface area contributed by atoms with Crippen LogP contribution in [0.3, 0.4) is 0 Å². The molecule has 0 aliphatic heterocycles. The SMILES string of the molecule is COc1ccc(S(=O)(=O)N[C@@H](C)[C]=O)cc1OC. The number of hydrogen-bond acceptors (Lipinski definition) is 5. The normalized spacial score (nSPS) is 12.8. The van der Waals surface area contributed by atoms with E-state index in [4.69, 9.17) is 9.47 Å². The first kappa shape index (κ1) is 14.5. The molecule has 0 amide bonds. The van der Waals surface area contributed by atoms with E-state index in [2.05, 4.69) is 4.72 Å². The van der Waals surface area contributed by atoms with Crippen molar-refractivity contribution in [3.8, 4) is 11.5 Å². The van der Waals surface area contributed by atoms with Gasteiger partial charge in [-0.1, -0.05) is 0 Å². The highest BCUT2D eigenvalue weighted by Gasteiger charge is 2.19. The minimum absolute atomic E-state index is 0.0118. The fourth-order valence-electron chi connectivity index (χ4n) is 1.31. The Morgan fingerprint density at radius 2 is 1.83 bits per heavy atom. The van der Waals surface area contributed by atoms with Gasteiger partial charge in [-0.05, 0) is 19.1 Å². The Balaban J connectivity index is 3.13. The summed E-state index contributed by atoms with van der Waals surface area (Å²) in [4.78, 5) is 10.3. The summed E-state index contributed by atoms with van der Waals surface area (Å²) in [6, 6.07) is 3.24. The molecule has 0 unspecified atom stereocenters. The molecule has 0 bridgehead atoms. The predicted molar refractivity (Wildman–Crippen MR) is 65.0 cm³/mol. The summed E-state index contributed by atoms with van der Waals surface area (Å²) in [5, 5.41) is 0. The van der Waals surface area contributed by atoms with Gasteiger partial charge in [-0.15, -0.1) is 0 Å². The van der Waals surface area contributed by atoms with Gasteiger partial charge in [-0.25, -0.2) is 13.1 Å². The van der Waals surface area contributed by atoms with Crippen molar-refractivity contribution >= 4 is 16.3 Å². The minimum atomic E-state index is -3.78. The van der Waals surface area contributed by atoms with E-state index in [1.54, 1.807) is 6.29 Å². The number of ether oxygens (including phenoxy) is 2. The lowest BCUT2D eigenvalue weighted by molar-refractivity contribution is 0.354. The highest BCUT2D eigenvalue weighted by molar-refractivity contribution is 7.89. The van der Waals surface area contributed by atoms with Crippen LogP contribution in [0.5, 0.6) is 11.5 Å². The number of hydrogen-bond donors (Lipinski definition) is 1. The fraction of sp³-hybridized carbons (Fsp3) is 0.364. The van der Waals surface area contributed by atoms with Gasteiger partial charge >= 0.3 is 0 Å². The number of benzene rings is 1. The molecule has 1 atom stereocenters. The molecule has 1 N–H and O–H groups in total. The van der Waals surface area contributed by atoms with Gasteiger partial charge in [-0.3, -0.25) is 4.79 Å². The molecule has 0 fully saturated rings. The zero-order valence-corrected chi connectivity index (χ0v) is 11.1. The average molecular weight is 272 g/mol. The third-order valence-corrected chi connectivity index (χ3v) is 3.71. The molecule has 6 nitrogen and oxygen atoms in total. The summed E-state index contributed by atoms with van der Waals surface area (Å²) in [5.41, 5.74) is 0. The Morgan fingerprint density at radius 1 is 1.22 bits per heavy atom. The molecule has 0 aliphatic rings. The lowest BCUT2D eigenvalue weighted by atomic mass is 10.3. The zero-order chi connectivity index (χ0) is 13.8. The maximum atomic E-state index is 11.9. The maximum absolute atomic E-state index is 11.9. The second-order valence-corrected chi connectivity index (χ2v) is 5.19. The molecule has 0 spiro atoms. The van der Waals surface area contributed by atoms with Crippen molar-refractivity contribution < 1.29 is 22.7 Å². The Bertz CT molecular complexity index is 526. The summed E-state index contributed by atoms with van der Waals surface area (Å²) in [6.45, 7) is 1.39. The Labute approximate surface area is 106 Å². The first-order valence-corrected chi connectivity index (χ1v) is 6.55. The molecular weight excluding hydrogens is 258 g/mol. The topological polar surface area (TPSA) is 81.7 Å². The second kappa shape index (κ2) is 5.83. The summed E-state index contributed by atoms with van der Waals surface area (Å²) in [7, 11) is -0.919. The van der Waals surface area contributed by atoms with Crippen LogP contribution in [0, 0.1) is 0 Å². The average Bonchev–Trinajstić information content (AvgIpc) is 2.37. The van der Waals surface area contributed by atoms with Crippen molar-refractivity contribution in [3.63, 3.8) is 0 Å². The number of methoxy groups -OCH3 is 2. The van der Waals surface area contributed by atoms with E-state index in [9.17, 15) is 13.2 Å². The van der Waals surface area contributed by atoms with Crippen LogP contribution in [0.1, 0.15) is 6.92 Å². The smallest absolute Gasteiger partial charge is 0.241 e. The van der Waals surface area contributed by atoms with E-state index >= 15 is 0 Å². The minimum Gasteiger partial charge on any atom is -0.493 e. The van der Waals surface area contributed by atoms with E-state index in [-0.39, 0.29) is 4.90 Å². The predicted octanol–water partition coefficient (Wildman–Crippen LogP) is 0.480. The largest absolute Gasteiger partial charge is 0.493 e. The van der Waals surface area contributed by atoms with E-state index < -0.39 is 16.1 Å². The van der Waals surface area contributed by atoms with Gasteiger partial charge in [0.05, 0.1) is 25.2 Å². The van der Waals surface area contributed by atoms with Gasteiger partial charge < -0.3 is 9.47 Å². The molecule has 1 rings (SSSR count). The maximum Gasteiger partial charge on any atom is 0.241 e. The molecule has 1 aromatic carbocycles. The van der Waals surface area contributed by atoms with Gasteiger partial charge in [0, 0.05) is 6.07 Å². The zero-order valence-electron chi connectivity index (χ0n) is 10.3. The molecule has 1 aromatic rings. The van der Waals surface area contributed by atoms with Gasteiger partial charge in [0.1, 0.15) is 0 Å². The van der Waals surface area contributed by atoms with Crippen LogP contribution in [0.25, 0.3) is 0 Å². The van der Waals surface area contributed by atoms with E-state index in [0.717, 1.165) is 0 Å². The molecular formula is C11H14NO5S. The van der Waals surface area contributed by atoms with Crippen LogP contribution in [0.15, 0.2) is 23.1 Å². The monoisotopic (exact) mass is 272 g/mol. The number of nitrogens with one attached hydrogen (secondary N) is 1. The molecule has 1 radical (unpaired) electrons. The van der Waals surface area contributed by atoms with Crippen molar-refractivity contribution in [2.45, 2.75) is 17.9 Å². The number of carbonyl (C=O) groups excluding carboxylic acids is 1. The van der Waals surface area contributed by atoms with Crippen molar-refractivity contribution in [1.29, 1.82) is 0 Å². The lowest BCUT2D eigenvalue weighted by Gasteiger charge is -2.11. The van der Waals surface area contributed by atoms with Crippen molar-refractivity contribution in [2.24, 2.45) is 0 Å². The first-order valence-electron chi connectivity index (χ1n) is 5.06. The quantitative estimate of drug-likeness (QED) is 0.814. The van der Waals surface area contributed by atoms with Crippen LogP contribution >= 0.6 is 0 Å². The fourth-order valence-corrected chi connectivity index (χ4v) is 2.47. The van der Waals surface area contributed by atoms with Crippen LogP contribution in [-0.2, 0) is 14.8 Å². The van der Waals surface area contributed by atoms with Gasteiger partial charge in [0.2, 0.25) is 16.3 Å². The van der Waals surface area contributed by atoms with Gasteiger partial charge in [0.15, 0.2) is 11.5 Å². The van der Waals surface area contributed by atoms with E-state index in [0.29, 0.717) is 11.5 Å². The number of rotatable bonds is 6. The molecule has 0 aliphatic carbocycles. The van der Waals surface area contributed by atoms with Gasteiger partial charge in [0.25, 0.3) is 0 Å². The molecule has 99 valence electrons. The Morgan fingerprint density at radius 3 is 2.33 bits per heavy atom. The van der Waals surface area contributed by atoms with Crippen molar-refractivity contribution in [1.82, 2.24) is 4.72 Å². The van der Waals surface area contributed by atoms with Crippen LogP contribution in [-0.4, -0.2) is 35.0 Å². The molecule has 18 heavy (non-hydrogen) atoms. The van der Waals surface area contributed by atoms with E-state index in [1.807, 2.05) is 0 Å². The molecule has 0 heterocycles. The van der Waals surface area contributed by atoms with Crippen LogP contribution in [0.4, 0.5) is 0 Å². The third-order valence-electron chi connectivity index (χ3n) is 2.17. The lowest BCUT2D eigenvalue weighted by Crippen LogP contribution is -2.33. The highest BCUT2D eigenvalue weighted by Crippen LogP contribution is 2.29. The standard InChI is InChI=1S/C11H14NO5S/c1-8(7-13)12-18(14,15)9-4-5-10(16-2)11(6-9)17-3/h4-6,8,12H,1-3H3/t8-/m0/s1. The van der Waals surface area contributed by atoms with Gasteiger partial charge in [-0.2, -0.15) is 0 Å². The van der Waals surface area contributed by atoms with Crippen molar-refractivity contribution in [3.05, 3.63) is 18.2 Å². The summed E-state index contributed by atoms with van der Waals surface area (Å²) in [6.07, 6.45) is 1.55. The summed E-state index contributed by atoms with van der Waals surface area (Å²) >= 11 is 0.